The van der Waals surface area contributed by atoms with Crippen molar-refractivity contribution in [3.05, 3.63) is 35.5 Å². The minimum Gasteiger partial charge on any atom is -0.493 e. The van der Waals surface area contributed by atoms with Gasteiger partial charge in [0.2, 0.25) is 0 Å². The van der Waals surface area contributed by atoms with Crippen molar-refractivity contribution >= 4 is 24.6 Å². The summed E-state index contributed by atoms with van der Waals surface area (Å²) >= 11 is 0. The van der Waals surface area contributed by atoms with Crippen molar-refractivity contribution in [3.63, 3.8) is 0 Å². The maximum Gasteiger partial charge on any atom is 0.387 e. The smallest absolute Gasteiger partial charge is 0.387 e. The van der Waals surface area contributed by atoms with Crippen LogP contribution in [0.15, 0.2) is 22.7 Å². The fraction of sp³-hybridized carbons (Fsp3) is 0.375. The van der Waals surface area contributed by atoms with Crippen LogP contribution in [0.25, 0.3) is 12.2 Å². The average Bonchev–Trinajstić information content (AvgIpc) is 3.00. The summed E-state index contributed by atoms with van der Waals surface area (Å²) in [7, 11) is 3.24. The Morgan fingerprint density at radius 3 is 2.68 bits per heavy atom. The quantitative estimate of drug-likeness (QED) is 0.762. The Morgan fingerprint density at radius 2 is 2.04 bits per heavy atom. The van der Waals surface area contributed by atoms with Gasteiger partial charge in [-0.05, 0) is 37.7 Å². The van der Waals surface area contributed by atoms with Gasteiger partial charge in [0.15, 0.2) is 17.3 Å². The number of hydrogen-bond donors (Lipinski definition) is 1. The molecule has 1 atom stereocenters. The van der Waals surface area contributed by atoms with Gasteiger partial charge in [0, 0.05) is 18.5 Å². The number of alkyl halides is 2. The molecule has 0 spiro atoms. The summed E-state index contributed by atoms with van der Waals surface area (Å²) in [5, 5.41) is 6.98. The topological polar surface area (TPSA) is 69.4 Å². The number of hydrogen-bond acceptors (Lipinski definition) is 6. The molecule has 1 aromatic carbocycles. The molecule has 1 aromatic heterocycles. The summed E-state index contributed by atoms with van der Waals surface area (Å²) in [5.41, 5.74) is 0.719. The van der Waals surface area contributed by atoms with Crippen molar-refractivity contribution in [2.75, 3.05) is 14.2 Å². The predicted molar refractivity (Wildman–Crippen MR) is 92.3 cm³/mol. The summed E-state index contributed by atoms with van der Waals surface area (Å²) in [4.78, 5) is 4.25. The highest BCUT2D eigenvalue weighted by Gasteiger charge is 2.11. The minimum absolute atomic E-state index is 0. The maximum absolute atomic E-state index is 12.3. The first-order valence-electron chi connectivity index (χ1n) is 7.32. The third-order valence-corrected chi connectivity index (χ3v) is 3.29. The lowest BCUT2D eigenvalue weighted by Crippen LogP contribution is -2.24. The molecule has 1 N–H and O–H groups in total. The first-order chi connectivity index (χ1) is 11.5. The van der Waals surface area contributed by atoms with Crippen molar-refractivity contribution in [2.24, 2.45) is 0 Å². The summed E-state index contributed by atoms with van der Waals surface area (Å²) in [6.07, 6.45) is 4.01. The Morgan fingerprint density at radius 1 is 1.28 bits per heavy atom. The van der Waals surface area contributed by atoms with E-state index in [0.29, 0.717) is 18.1 Å². The third kappa shape index (κ3) is 6.32. The minimum atomic E-state index is -2.91. The summed E-state index contributed by atoms with van der Waals surface area (Å²) in [6, 6.07) is 4.86. The Balaban J connectivity index is 0.00000312. The Bertz CT molecular complexity index is 695. The Labute approximate surface area is 150 Å². The molecule has 138 valence electrons. The van der Waals surface area contributed by atoms with Crippen molar-refractivity contribution < 1.29 is 22.8 Å². The first-order valence-corrected chi connectivity index (χ1v) is 7.32. The van der Waals surface area contributed by atoms with Crippen LogP contribution in [-0.2, 0) is 6.42 Å². The largest absolute Gasteiger partial charge is 0.493 e. The van der Waals surface area contributed by atoms with Gasteiger partial charge in [-0.2, -0.15) is 13.8 Å². The van der Waals surface area contributed by atoms with Crippen molar-refractivity contribution in [1.82, 2.24) is 15.5 Å². The molecule has 9 heteroatoms. The van der Waals surface area contributed by atoms with Gasteiger partial charge in [-0.25, -0.2) is 0 Å². The van der Waals surface area contributed by atoms with E-state index in [9.17, 15) is 8.78 Å². The molecular formula is C16H20ClF2N3O3. The molecular weight excluding hydrogens is 356 g/mol. The highest BCUT2D eigenvalue weighted by atomic mass is 35.5. The Hall–Kier alpha value is -2.19. The molecule has 1 heterocycles. The summed E-state index contributed by atoms with van der Waals surface area (Å²) in [6.45, 7) is -0.890. The normalized spacial score (nSPS) is 12.2. The summed E-state index contributed by atoms with van der Waals surface area (Å²) < 4.78 is 39.2. The lowest BCUT2D eigenvalue weighted by molar-refractivity contribution is -0.0512. The molecule has 0 aliphatic heterocycles. The van der Waals surface area contributed by atoms with Crippen LogP contribution in [0.5, 0.6) is 11.5 Å². The number of methoxy groups -OCH3 is 1. The van der Waals surface area contributed by atoms with Gasteiger partial charge in [0.05, 0.1) is 7.11 Å². The molecule has 0 fully saturated rings. The molecule has 0 radical (unpaired) electrons. The third-order valence-electron chi connectivity index (χ3n) is 3.29. The van der Waals surface area contributed by atoms with E-state index in [0.717, 1.165) is 5.56 Å². The summed E-state index contributed by atoms with van der Waals surface area (Å²) in [5.74, 6) is 1.16. The number of likely N-dealkylation sites (N-methyl/N-ethyl adjacent to an activating group) is 1. The number of ether oxygens (including phenoxy) is 2. The number of aromatic nitrogens is 2. The molecule has 25 heavy (non-hydrogen) atoms. The molecule has 0 aliphatic carbocycles. The van der Waals surface area contributed by atoms with Crippen LogP contribution < -0.4 is 14.8 Å². The van der Waals surface area contributed by atoms with Gasteiger partial charge in [-0.15, -0.1) is 12.4 Å². The van der Waals surface area contributed by atoms with Gasteiger partial charge in [-0.1, -0.05) is 11.2 Å². The van der Waals surface area contributed by atoms with Crippen LogP contribution in [0.3, 0.4) is 0 Å². The number of halogens is 3. The van der Waals surface area contributed by atoms with Gasteiger partial charge in [0.25, 0.3) is 5.89 Å². The molecule has 2 aromatic rings. The SMILES string of the molecule is CNC(C)Cc1noc(/C=C/c2ccc(OC(F)F)c(OC)c2)n1.Cl. The van der Waals surface area contributed by atoms with Crippen LogP contribution in [-0.4, -0.2) is 37.0 Å². The second-order valence-electron chi connectivity index (χ2n) is 5.06. The van der Waals surface area contributed by atoms with Crippen molar-refractivity contribution in [2.45, 2.75) is 26.0 Å². The van der Waals surface area contributed by atoms with Gasteiger partial charge >= 0.3 is 6.61 Å². The maximum atomic E-state index is 12.3. The number of nitrogens with one attached hydrogen (secondary N) is 1. The van der Waals surface area contributed by atoms with E-state index in [1.54, 1.807) is 24.3 Å². The Kier molecular flexibility index (Phi) is 8.30. The lowest BCUT2D eigenvalue weighted by Gasteiger charge is -2.09. The second kappa shape index (κ2) is 9.95. The molecule has 0 saturated heterocycles. The average molecular weight is 376 g/mol. The molecule has 1 unspecified atom stereocenters. The number of rotatable bonds is 8. The van der Waals surface area contributed by atoms with E-state index in [4.69, 9.17) is 9.26 Å². The van der Waals surface area contributed by atoms with E-state index >= 15 is 0 Å². The zero-order valence-corrected chi connectivity index (χ0v) is 14.8. The van der Waals surface area contributed by atoms with Crippen LogP contribution in [0, 0.1) is 0 Å². The molecule has 6 nitrogen and oxygen atoms in total. The standard InChI is InChI=1S/C16H19F2N3O3.ClH/c1-10(19-2)8-14-20-15(24-21-14)7-5-11-4-6-12(23-16(17)18)13(9-11)22-3;/h4-7,9-10,16,19H,8H2,1-3H3;1H/b7-5+;. The molecule has 0 aliphatic rings. The van der Waals surface area contributed by atoms with Crippen LogP contribution in [0.4, 0.5) is 8.78 Å². The van der Waals surface area contributed by atoms with E-state index < -0.39 is 6.61 Å². The van der Waals surface area contributed by atoms with E-state index in [1.807, 2.05) is 14.0 Å². The van der Waals surface area contributed by atoms with Crippen LogP contribution in [0.2, 0.25) is 0 Å². The number of benzene rings is 1. The van der Waals surface area contributed by atoms with E-state index in [-0.39, 0.29) is 29.9 Å². The van der Waals surface area contributed by atoms with Crippen LogP contribution >= 0.6 is 12.4 Å². The molecule has 2 rings (SSSR count). The fourth-order valence-electron chi connectivity index (χ4n) is 1.94. The fourth-order valence-corrected chi connectivity index (χ4v) is 1.94. The van der Waals surface area contributed by atoms with E-state index in [2.05, 4.69) is 20.2 Å². The molecule has 0 amide bonds. The molecule has 0 bridgehead atoms. The lowest BCUT2D eigenvalue weighted by atomic mass is 10.2. The highest BCUT2D eigenvalue weighted by Crippen LogP contribution is 2.30. The predicted octanol–water partition coefficient (Wildman–Crippen LogP) is 3.42. The van der Waals surface area contributed by atoms with Gasteiger partial charge in [-0.3, -0.25) is 0 Å². The highest BCUT2D eigenvalue weighted by molar-refractivity contribution is 5.85. The zero-order valence-electron chi connectivity index (χ0n) is 14.0. The molecule has 0 saturated carbocycles. The monoisotopic (exact) mass is 375 g/mol. The van der Waals surface area contributed by atoms with Crippen molar-refractivity contribution in [1.29, 1.82) is 0 Å². The zero-order chi connectivity index (χ0) is 17.5. The van der Waals surface area contributed by atoms with Gasteiger partial charge < -0.3 is 19.3 Å². The van der Waals surface area contributed by atoms with E-state index in [1.165, 1.54) is 13.2 Å². The first kappa shape index (κ1) is 20.9. The van der Waals surface area contributed by atoms with Gasteiger partial charge in [0.1, 0.15) is 0 Å². The number of nitrogens with zero attached hydrogens (tertiary/aromatic N) is 2. The second-order valence-corrected chi connectivity index (χ2v) is 5.06. The van der Waals surface area contributed by atoms with Crippen LogP contribution in [0.1, 0.15) is 24.2 Å². The van der Waals surface area contributed by atoms with Crippen molar-refractivity contribution in [3.8, 4) is 11.5 Å².